The third-order valence-corrected chi connectivity index (χ3v) is 4.83. The van der Waals surface area contributed by atoms with Crippen LogP contribution in [0.15, 0.2) is 24.3 Å². The number of hydrogen-bond acceptors (Lipinski definition) is 1. The van der Waals surface area contributed by atoms with E-state index in [1.807, 2.05) is 11.0 Å². The summed E-state index contributed by atoms with van der Waals surface area (Å²) in [5, 5.41) is 0. The van der Waals surface area contributed by atoms with Crippen molar-refractivity contribution in [1.82, 2.24) is 4.90 Å². The SMILES string of the molecule is C=CCN(CC1CC1(C)CCC=C(C)C)C(=O)C1CC1. The van der Waals surface area contributed by atoms with Crippen molar-refractivity contribution in [2.75, 3.05) is 13.1 Å². The van der Waals surface area contributed by atoms with E-state index in [9.17, 15) is 4.79 Å². The van der Waals surface area contributed by atoms with E-state index < -0.39 is 0 Å². The minimum Gasteiger partial charge on any atom is -0.338 e. The zero-order valence-electron chi connectivity index (χ0n) is 13.3. The summed E-state index contributed by atoms with van der Waals surface area (Å²) in [5.41, 5.74) is 1.86. The van der Waals surface area contributed by atoms with Gasteiger partial charge in [-0.25, -0.2) is 0 Å². The fourth-order valence-electron chi connectivity index (χ4n) is 3.05. The van der Waals surface area contributed by atoms with Crippen LogP contribution >= 0.6 is 0 Å². The van der Waals surface area contributed by atoms with E-state index in [1.54, 1.807) is 0 Å². The maximum atomic E-state index is 12.2. The van der Waals surface area contributed by atoms with Gasteiger partial charge >= 0.3 is 0 Å². The molecule has 2 nitrogen and oxygen atoms in total. The highest BCUT2D eigenvalue weighted by Crippen LogP contribution is 2.56. The molecular weight excluding hydrogens is 246 g/mol. The molecule has 2 rings (SSSR count). The van der Waals surface area contributed by atoms with Crippen molar-refractivity contribution in [3.63, 3.8) is 0 Å². The molecule has 2 saturated carbocycles. The largest absolute Gasteiger partial charge is 0.338 e. The van der Waals surface area contributed by atoms with Gasteiger partial charge in [0.05, 0.1) is 0 Å². The van der Waals surface area contributed by atoms with Gasteiger partial charge in [-0.05, 0) is 57.3 Å². The van der Waals surface area contributed by atoms with Crippen molar-refractivity contribution in [3.8, 4) is 0 Å². The van der Waals surface area contributed by atoms with Gasteiger partial charge in [-0.2, -0.15) is 0 Å². The van der Waals surface area contributed by atoms with Crippen molar-refractivity contribution in [1.29, 1.82) is 0 Å². The zero-order chi connectivity index (χ0) is 14.8. The average Bonchev–Trinajstić information content (AvgIpc) is 3.26. The van der Waals surface area contributed by atoms with E-state index in [1.165, 1.54) is 24.8 Å². The molecule has 0 saturated heterocycles. The lowest BCUT2D eigenvalue weighted by molar-refractivity contribution is -0.132. The number of amides is 1. The van der Waals surface area contributed by atoms with Crippen molar-refractivity contribution in [2.45, 2.75) is 52.9 Å². The summed E-state index contributed by atoms with van der Waals surface area (Å²) in [7, 11) is 0. The lowest BCUT2D eigenvalue weighted by atomic mass is 9.98. The van der Waals surface area contributed by atoms with Crippen molar-refractivity contribution >= 4 is 5.91 Å². The molecule has 112 valence electrons. The predicted molar refractivity (Wildman–Crippen MR) is 84.4 cm³/mol. The summed E-state index contributed by atoms with van der Waals surface area (Å²) in [6.07, 6.45) is 10.1. The molecule has 0 bridgehead atoms. The van der Waals surface area contributed by atoms with Gasteiger partial charge in [-0.1, -0.05) is 24.6 Å². The standard InChI is InChI=1S/C18H29NO/c1-5-11-19(17(20)15-8-9-15)13-16-12-18(16,4)10-6-7-14(2)3/h5,7,15-16H,1,6,8-13H2,2-4H3. The van der Waals surface area contributed by atoms with Crippen molar-refractivity contribution in [3.05, 3.63) is 24.3 Å². The highest BCUT2D eigenvalue weighted by molar-refractivity contribution is 5.81. The Labute approximate surface area is 123 Å². The number of rotatable bonds is 8. The monoisotopic (exact) mass is 275 g/mol. The van der Waals surface area contributed by atoms with E-state index >= 15 is 0 Å². The molecule has 0 spiro atoms. The summed E-state index contributed by atoms with van der Waals surface area (Å²) < 4.78 is 0. The highest BCUT2D eigenvalue weighted by Gasteiger charge is 2.50. The molecule has 2 unspecified atom stereocenters. The zero-order valence-corrected chi connectivity index (χ0v) is 13.3. The fraction of sp³-hybridized carbons (Fsp3) is 0.722. The molecule has 0 aliphatic heterocycles. The minimum atomic E-state index is 0.325. The Balaban J connectivity index is 1.81. The summed E-state index contributed by atoms with van der Waals surface area (Å²) in [6.45, 7) is 12.1. The van der Waals surface area contributed by atoms with Crippen LogP contribution in [0.3, 0.4) is 0 Å². The molecule has 0 aromatic rings. The third kappa shape index (κ3) is 3.97. The lowest BCUT2D eigenvalue weighted by Crippen LogP contribution is -2.35. The normalized spacial score (nSPS) is 27.9. The lowest BCUT2D eigenvalue weighted by Gasteiger charge is -2.22. The molecule has 2 atom stereocenters. The predicted octanol–water partition coefficient (Wildman–Crippen LogP) is 4.18. The van der Waals surface area contributed by atoms with Crippen LogP contribution in [0.4, 0.5) is 0 Å². The maximum absolute atomic E-state index is 12.2. The minimum absolute atomic E-state index is 0.325. The van der Waals surface area contributed by atoms with E-state index in [4.69, 9.17) is 0 Å². The van der Waals surface area contributed by atoms with Crippen molar-refractivity contribution < 1.29 is 4.79 Å². The van der Waals surface area contributed by atoms with Gasteiger partial charge in [-0.15, -0.1) is 6.58 Å². The summed E-state index contributed by atoms with van der Waals surface area (Å²) in [4.78, 5) is 14.3. The van der Waals surface area contributed by atoms with Gasteiger partial charge in [0.15, 0.2) is 0 Å². The fourth-order valence-corrected chi connectivity index (χ4v) is 3.05. The second-order valence-corrected chi connectivity index (χ2v) is 7.18. The molecule has 2 fully saturated rings. The van der Waals surface area contributed by atoms with E-state index in [0.29, 0.717) is 23.2 Å². The molecule has 0 aromatic carbocycles. The van der Waals surface area contributed by atoms with Crippen LogP contribution in [-0.2, 0) is 4.79 Å². The topological polar surface area (TPSA) is 20.3 Å². The first kappa shape index (κ1) is 15.3. The Morgan fingerprint density at radius 3 is 2.65 bits per heavy atom. The Kier molecular flexibility index (Phi) is 4.72. The highest BCUT2D eigenvalue weighted by atomic mass is 16.2. The van der Waals surface area contributed by atoms with Gasteiger partial charge in [0.25, 0.3) is 0 Å². The first-order chi connectivity index (χ1) is 9.46. The number of carbonyl (C=O) groups excluding carboxylic acids is 1. The maximum Gasteiger partial charge on any atom is 0.225 e. The van der Waals surface area contributed by atoms with Gasteiger partial charge in [-0.3, -0.25) is 4.79 Å². The van der Waals surface area contributed by atoms with Crippen LogP contribution in [0, 0.1) is 17.3 Å². The van der Waals surface area contributed by atoms with E-state index in [-0.39, 0.29) is 0 Å². The number of nitrogens with zero attached hydrogens (tertiary/aromatic N) is 1. The molecule has 0 N–H and O–H groups in total. The van der Waals surface area contributed by atoms with Crippen LogP contribution < -0.4 is 0 Å². The second-order valence-electron chi connectivity index (χ2n) is 7.18. The molecule has 1 amide bonds. The Morgan fingerprint density at radius 1 is 1.40 bits per heavy atom. The van der Waals surface area contributed by atoms with Gasteiger partial charge in [0, 0.05) is 19.0 Å². The van der Waals surface area contributed by atoms with Gasteiger partial charge in [0.2, 0.25) is 5.91 Å². The number of allylic oxidation sites excluding steroid dienone is 2. The molecule has 2 aliphatic rings. The first-order valence-electron chi connectivity index (χ1n) is 7.99. The average molecular weight is 275 g/mol. The van der Waals surface area contributed by atoms with Crippen molar-refractivity contribution in [2.24, 2.45) is 17.3 Å². The summed E-state index contributed by atoms with van der Waals surface area (Å²) in [6, 6.07) is 0. The smallest absolute Gasteiger partial charge is 0.225 e. The molecule has 0 radical (unpaired) electrons. The molecule has 0 heterocycles. The van der Waals surface area contributed by atoms with Gasteiger partial charge in [0.1, 0.15) is 0 Å². The quantitative estimate of drug-likeness (QED) is 0.608. The Morgan fingerprint density at radius 2 is 2.10 bits per heavy atom. The van der Waals surface area contributed by atoms with E-state index in [2.05, 4.69) is 33.4 Å². The first-order valence-corrected chi connectivity index (χ1v) is 7.99. The second kappa shape index (κ2) is 6.15. The van der Waals surface area contributed by atoms with Crippen LogP contribution in [-0.4, -0.2) is 23.9 Å². The summed E-state index contributed by atoms with van der Waals surface area (Å²) in [5.74, 6) is 1.38. The van der Waals surface area contributed by atoms with Crippen LogP contribution in [0.1, 0.15) is 52.9 Å². The molecular formula is C18H29NO. The van der Waals surface area contributed by atoms with Crippen LogP contribution in [0.5, 0.6) is 0 Å². The van der Waals surface area contributed by atoms with Crippen LogP contribution in [0.2, 0.25) is 0 Å². The van der Waals surface area contributed by atoms with Crippen LogP contribution in [0.25, 0.3) is 0 Å². The molecule has 0 aromatic heterocycles. The third-order valence-electron chi connectivity index (χ3n) is 4.83. The Hall–Kier alpha value is -1.05. The molecule has 2 aliphatic carbocycles. The molecule has 2 heteroatoms. The number of hydrogen-bond donors (Lipinski definition) is 0. The van der Waals surface area contributed by atoms with E-state index in [0.717, 1.165) is 25.9 Å². The molecule has 20 heavy (non-hydrogen) atoms. The van der Waals surface area contributed by atoms with Gasteiger partial charge < -0.3 is 4.90 Å². The summed E-state index contributed by atoms with van der Waals surface area (Å²) >= 11 is 0. The Bertz CT molecular complexity index is 404. The number of carbonyl (C=O) groups is 1.